The standard InChI is InChI=1S/C11H15BrClN/c1-11(2,7-14)6-8-3-4-9(12)5-10(8)13/h3-5H,6-7,14H2,1-2H3. The van der Waals surface area contributed by atoms with Gasteiger partial charge in [-0.1, -0.05) is 47.4 Å². The van der Waals surface area contributed by atoms with E-state index in [4.69, 9.17) is 17.3 Å². The van der Waals surface area contributed by atoms with Crippen molar-refractivity contribution in [1.29, 1.82) is 0 Å². The number of halogens is 2. The molecule has 3 heteroatoms. The first kappa shape index (κ1) is 12.0. The van der Waals surface area contributed by atoms with Crippen LogP contribution < -0.4 is 5.73 Å². The van der Waals surface area contributed by atoms with Crippen LogP contribution in [0.4, 0.5) is 0 Å². The minimum absolute atomic E-state index is 0.109. The van der Waals surface area contributed by atoms with E-state index in [9.17, 15) is 0 Å². The van der Waals surface area contributed by atoms with Crippen LogP contribution in [0.5, 0.6) is 0 Å². The van der Waals surface area contributed by atoms with Crippen LogP contribution in [0.2, 0.25) is 5.02 Å². The molecule has 0 aliphatic rings. The Labute approximate surface area is 98.8 Å². The SMILES string of the molecule is CC(C)(CN)Cc1ccc(Br)cc1Cl. The second-order valence-corrected chi connectivity index (χ2v) is 5.60. The van der Waals surface area contributed by atoms with Crippen LogP contribution in [-0.2, 0) is 6.42 Å². The lowest BCUT2D eigenvalue weighted by Gasteiger charge is -2.22. The summed E-state index contributed by atoms with van der Waals surface area (Å²) in [7, 11) is 0. The largest absolute Gasteiger partial charge is 0.330 e. The highest BCUT2D eigenvalue weighted by atomic mass is 79.9. The Bertz CT molecular complexity index is 323. The molecule has 0 fully saturated rings. The third-order valence-electron chi connectivity index (χ3n) is 2.24. The van der Waals surface area contributed by atoms with Crippen molar-refractivity contribution in [2.45, 2.75) is 20.3 Å². The minimum atomic E-state index is 0.109. The van der Waals surface area contributed by atoms with Gasteiger partial charge in [0.05, 0.1) is 0 Å². The van der Waals surface area contributed by atoms with Crippen LogP contribution in [0.1, 0.15) is 19.4 Å². The lowest BCUT2D eigenvalue weighted by atomic mass is 9.86. The van der Waals surface area contributed by atoms with Gasteiger partial charge < -0.3 is 5.73 Å². The molecule has 14 heavy (non-hydrogen) atoms. The van der Waals surface area contributed by atoms with Gasteiger partial charge in [-0.25, -0.2) is 0 Å². The molecule has 0 amide bonds. The molecule has 0 spiro atoms. The molecular weight excluding hydrogens is 261 g/mol. The molecule has 0 bridgehead atoms. The maximum atomic E-state index is 6.12. The average Bonchev–Trinajstić information content (AvgIpc) is 2.10. The van der Waals surface area contributed by atoms with Crippen LogP contribution in [0.3, 0.4) is 0 Å². The summed E-state index contributed by atoms with van der Waals surface area (Å²) in [5, 5.41) is 0.806. The first-order valence-corrected chi connectivity index (χ1v) is 5.76. The Morgan fingerprint density at radius 2 is 2.07 bits per heavy atom. The lowest BCUT2D eigenvalue weighted by Crippen LogP contribution is -2.26. The average molecular weight is 277 g/mol. The van der Waals surface area contributed by atoms with E-state index in [1.807, 2.05) is 18.2 Å². The fourth-order valence-electron chi connectivity index (χ4n) is 1.25. The van der Waals surface area contributed by atoms with Crippen molar-refractivity contribution in [3.63, 3.8) is 0 Å². The van der Waals surface area contributed by atoms with Gasteiger partial charge in [-0.3, -0.25) is 0 Å². The fraction of sp³-hybridized carbons (Fsp3) is 0.455. The number of hydrogen-bond donors (Lipinski definition) is 1. The summed E-state index contributed by atoms with van der Waals surface area (Å²) >= 11 is 9.51. The van der Waals surface area contributed by atoms with Gasteiger partial charge in [0, 0.05) is 9.50 Å². The highest BCUT2D eigenvalue weighted by Gasteiger charge is 2.17. The van der Waals surface area contributed by atoms with Crippen molar-refractivity contribution in [3.8, 4) is 0 Å². The van der Waals surface area contributed by atoms with Gasteiger partial charge in [-0.05, 0) is 36.1 Å². The molecule has 0 heterocycles. The van der Waals surface area contributed by atoms with Gasteiger partial charge in [0.15, 0.2) is 0 Å². The summed E-state index contributed by atoms with van der Waals surface area (Å²) in [6, 6.07) is 5.97. The van der Waals surface area contributed by atoms with Crippen LogP contribution in [0.15, 0.2) is 22.7 Å². The van der Waals surface area contributed by atoms with Gasteiger partial charge >= 0.3 is 0 Å². The first-order valence-electron chi connectivity index (χ1n) is 4.58. The van der Waals surface area contributed by atoms with Crippen molar-refractivity contribution in [3.05, 3.63) is 33.3 Å². The summed E-state index contributed by atoms with van der Waals surface area (Å²) in [4.78, 5) is 0. The van der Waals surface area contributed by atoms with Crippen molar-refractivity contribution < 1.29 is 0 Å². The summed E-state index contributed by atoms with van der Waals surface area (Å²) < 4.78 is 1.01. The molecule has 2 N–H and O–H groups in total. The third-order valence-corrected chi connectivity index (χ3v) is 3.08. The number of benzene rings is 1. The van der Waals surface area contributed by atoms with Crippen LogP contribution >= 0.6 is 27.5 Å². The molecule has 0 saturated carbocycles. The minimum Gasteiger partial charge on any atom is -0.330 e. The zero-order valence-electron chi connectivity index (χ0n) is 8.48. The van der Waals surface area contributed by atoms with Crippen LogP contribution in [0.25, 0.3) is 0 Å². The number of rotatable bonds is 3. The molecule has 1 aromatic rings. The normalized spacial score (nSPS) is 11.8. The molecule has 0 radical (unpaired) electrons. The Kier molecular flexibility index (Phi) is 3.99. The molecule has 0 saturated heterocycles. The summed E-state index contributed by atoms with van der Waals surface area (Å²) in [5.74, 6) is 0. The highest BCUT2D eigenvalue weighted by molar-refractivity contribution is 9.10. The monoisotopic (exact) mass is 275 g/mol. The third kappa shape index (κ3) is 3.26. The second kappa shape index (κ2) is 4.65. The van der Waals surface area contributed by atoms with Gasteiger partial charge in [0.2, 0.25) is 0 Å². The molecular formula is C11H15BrClN. The summed E-state index contributed by atoms with van der Waals surface area (Å²) in [6.45, 7) is 4.95. The van der Waals surface area contributed by atoms with E-state index in [2.05, 4.69) is 29.8 Å². The van der Waals surface area contributed by atoms with E-state index < -0.39 is 0 Å². The zero-order chi connectivity index (χ0) is 10.8. The predicted molar refractivity (Wildman–Crippen MR) is 65.7 cm³/mol. The number of hydrogen-bond acceptors (Lipinski definition) is 1. The van der Waals surface area contributed by atoms with E-state index in [1.54, 1.807) is 0 Å². The Balaban J connectivity index is 2.87. The molecule has 0 aromatic heterocycles. The molecule has 0 aliphatic carbocycles. The van der Waals surface area contributed by atoms with E-state index >= 15 is 0 Å². The maximum absolute atomic E-state index is 6.12. The Hall–Kier alpha value is -0.0500. The topological polar surface area (TPSA) is 26.0 Å². The van der Waals surface area contributed by atoms with Gasteiger partial charge in [-0.2, -0.15) is 0 Å². The van der Waals surface area contributed by atoms with Crippen molar-refractivity contribution in [1.82, 2.24) is 0 Å². The van der Waals surface area contributed by atoms with E-state index in [0.717, 1.165) is 21.5 Å². The predicted octanol–water partition coefficient (Wildman–Crippen LogP) is 3.63. The summed E-state index contributed by atoms with van der Waals surface area (Å²) in [6.07, 6.45) is 0.912. The number of nitrogens with two attached hydrogens (primary N) is 1. The maximum Gasteiger partial charge on any atom is 0.0449 e. The van der Waals surface area contributed by atoms with Gasteiger partial charge in [-0.15, -0.1) is 0 Å². The molecule has 1 nitrogen and oxygen atoms in total. The van der Waals surface area contributed by atoms with Crippen molar-refractivity contribution in [2.24, 2.45) is 11.1 Å². The lowest BCUT2D eigenvalue weighted by molar-refractivity contribution is 0.377. The molecule has 1 rings (SSSR count). The second-order valence-electron chi connectivity index (χ2n) is 4.28. The van der Waals surface area contributed by atoms with Crippen LogP contribution in [0, 0.1) is 5.41 Å². The Morgan fingerprint density at radius 1 is 1.43 bits per heavy atom. The van der Waals surface area contributed by atoms with E-state index in [-0.39, 0.29) is 5.41 Å². The van der Waals surface area contributed by atoms with Crippen molar-refractivity contribution >= 4 is 27.5 Å². The highest BCUT2D eigenvalue weighted by Crippen LogP contribution is 2.27. The van der Waals surface area contributed by atoms with Crippen LogP contribution in [-0.4, -0.2) is 6.54 Å². The first-order chi connectivity index (χ1) is 6.44. The quantitative estimate of drug-likeness (QED) is 0.896. The molecule has 0 unspecified atom stereocenters. The van der Waals surface area contributed by atoms with Gasteiger partial charge in [0.1, 0.15) is 0 Å². The fourth-order valence-corrected chi connectivity index (χ4v) is 1.99. The summed E-state index contributed by atoms with van der Waals surface area (Å²) in [5.41, 5.74) is 6.95. The zero-order valence-corrected chi connectivity index (χ0v) is 10.8. The van der Waals surface area contributed by atoms with Gasteiger partial charge in [0.25, 0.3) is 0 Å². The van der Waals surface area contributed by atoms with E-state index in [0.29, 0.717) is 6.54 Å². The smallest absolute Gasteiger partial charge is 0.0449 e. The van der Waals surface area contributed by atoms with E-state index in [1.165, 1.54) is 0 Å². The van der Waals surface area contributed by atoms with Crippen molar-refractivity contribution in [2.75, 3.05) is 6.54 Å². The molecule has 0 atom stereocenters. The molecule has 0 aliphatic heterocycles. The Morgan fingerprint density at radius 3 is 2.57 bits per heavy atom. The molecule has 78 valence electrons. The molecule has 1 aromatic carbocycles.